The van der Waals surface area contributed by atoms with Crippen LogP contribution in [0.3, 0.4) is 0 Å². The van der Waals surface area contributed by atoms with Gasteiger partial charge >= 0.3 is 6.03 Å². The van der Waals surface area contributed by atoms with E-state index in [1.165, 1.54) is 6.07 Å². The average molecular weight is 385 g/mol. The second kappa shape index (κ2) is 7.20. The largest absolute Gasteiger partial charge is 0.336 e. The molecule has 0 radical (unpaired) electrons. The molecule has 1 N–H and O–H groups in total. The van der Waals surface area contributed by atoms with Crippen LogP contribution in [0.1, 0.15) is 32.5 Å². The van der Waals surface area contributed by atoms with Gasteiger partial charge in [-0.15, -0.1) is 0 Å². The summed E-state index contributed by atoms with van der Waals surface area (Å²) < 4.78 is 16.0. The molecule has 0 saturated carbocycles. The Hall–Kier alpha value is -2.41. The summed E-state index contributed by atoms with van der Waals surface area (Å²) in [6, 6.07) is 6.83. The first-order chi connectivity index (χ1) is 13.4. The number of rotatable bonds is 2. The van der Waals surface area contributed by atoms with Crippen LogP contribution in [0.15, 0.2) is 30.5 Å². The van der Waals surface area contributed by atoms with Gasteiger partial charge in [0, 0.05) is 37.8 Å². The zero-order chi connectivity index (χ0) is 19.9. The van der Waals surface area contributed by atoms with Crippen LogP contribution in [0.4, 0.5) is 9.18 Å². The van der Waals surface area contributed by atoms with Crippen LogP contribution >= 0.6 is 0 Å². The van der Waals surface area contributed by atoms with Crippen LogP contribution in [-0.4, -0.2) is 58.1 Å². The Kier molecular flexibility index (Phi) is 4.87. The highest BCUT2D eigenvalue weighted by Gasteiger charge is 2.46. The molecule has 7 heteroatoms. The monoisotopic (exact) mass is 385 g/mol. The number of hydrogen-bond donors (Lipinski definition) is 1. The SMILES string of the molecule is CC(C)NC(=O)N1CCC2(CC1)c1ncc(-c3cccc(F)c3)n1CCN2C. The molecule has 3 heterocycles. The van der Waals surface area contributed by atoms with Crippen LogP contribution in [0.2, 0.25) is 0 Å². The molecular formula is C21H28FN5O. The van der Waals surface area contributed by atoms with Gasteiger partial charge in [0.2, 0.25) is 0 Å². The Morgan fingerprint density at radius 2 is 1.96 bits per heavy atom. The molecule has 0 aliphatic carbocycles. The summed E-state index contributed by atoms with van der Waals surface area (Å²) in [6.45, 7) is 7.09. The molecule has 28 heavy (non-hydrogen) atoms. The molecular weight excluding hydrogens is 357 g/mol. The fraction of sp³-hybridized carbons (Fsp3) is 0.524. The van der Waals surface area contributed by atoms with Crippen molar-refractivity contribution in [3.8, 4) is 11.3 Å². The highest BCUT2D eigenvalue weighted by atomic mass is 19.1. The number of aromatic nitrogens is 2. The number of nitrogens with one attached hydrogen (secondary N) is 1. The Balaban J connectivity index is 1.62. The Labute approximate surface area is 165 Å². The van der Waals surface area contributed by atoms with Gasteiger partial charge in [0.1, 0.15) is 11.6 Å². The van der Waals surface area contributed by atoms with E-state index >= 15 is 0 Å². The standard InChI is InChI=1S/C21H28FN5O/c1-15(2)24-20(28)26-9-7-21(8-10-26)19-23-14-18(27(19)12-11-25(21)3)16-5-4-6-17(22)13-16/h4-6,13-15H,7-12H2,1-3H3,(H,24,28). The lowest BCUT2D eigenvalue weighted by Crippen LogP contribution is -2.58. The Morgan fingerprint density at radius 3 is 2.64 bits per heavy atom. The third-order valence-electron chi connectivity index (χ3n) is 6.07. The minimum atomic E-state index is -0.236. The van der Waals surface area contributed by atoms with Crippen molar-refractivity contribution >= 4 is 6.03 Å². The maximum Gasteiger partial charge on any atom is 0.317 e. The number of likely N-dealkylation sites (tertiary alicyclic amines) is 1. The predicted octanol–water partition coefficient (Wildman–Crippen LogP) is 3.04. The number of carbonyl (C=O) groups excluding carboxylic acids is 1. The number of amides is 2. The van der Waals surface area contributed by atoms with Crippen LogP contribution < -0.4 is 5.32 Å². The van der Waals surface area contributed by atoms with Crippen molar-refractivity contribution in [2.45, 2.75) is 44.8 Å². The van der Waals surface area contributed by atoms with Gasteiger partial charge in [0.05, 0.1) is 17.4 Å². The second-order valence-corrected chi connectivity index (χ2v) is 8.17. The summed E-state index contributed by atoms with van der Waals surface area (Å²) >= 11 is 0. The molecule has 150 valence electrons. The lowest BCUT2D eigenvalue weighted by atomic mass is 9.83. The summed E-state index contributed by atoms with van der Waals surface area (Å²) in [6.07, 6.45) is 3.55. The summed E-state index contributed by atoms with van der Waals surface area (Å²) in [5, 5.41) is 2.98. The van der Waals surface area contributed by atoms with E-state index in [1.807, 2.05) is 31.0 Å². The molecule has 0 unspecified atom stereocenters. The molecule has 1 aromatic carbocycles. The molecule has 1 saturated heterocycles. The fourth-order valence-corrected chi connectivity index (χ4v) is 4.51. The van der Waals surface area contributed by atoms with E-state index in [4.69, 9.17) is 4.98 Å². The first kappa shape index (κ1) is 18.9. The van der Waals surface area contributed by atoms with E-state index < -0.39 is 0 Å². The number of piperidine rings is 1. The van der Waals surface area contributed by atoms with Gasteiger partial charge in [0.15, 0.2) is 0 Å². The minimum Gasteiger partial charge on any atom is -0.336 e. The third-order valence-corrected chi connectivity index (χ3v) is 6.07. The number of nitrogens with zero attached hydrogens (tertiary/aromatic N) is 4. The van der Waals surface area contributed by atoms with Crippen molar-refractivity contribution in [3.63, 3.8) is 0 Å². The smallest absolute Gasteiger partial charge is 0.317 e. The van der Waals surface area contributed by atoms with Gasteiger partial charge in [-0.3, -0.25) is 4.90 Å². The summed E-state index contributed by atoms with van der Waals surface area (Å²) in [4.78, 5) is 21.4. The Bertz CT molecular complexity index is 869. The van der Waals surface area contributed by atoms with E-state index in [-0.39, 0.29) is 23.4 Å². The quantitative estimate of drug-likeness (QED) is 0.865. The molecule has 0 atom stereocenters. The van der Waals surface area contributed by atoms with Crippen LogP contribution in [-0.2, 0) is 12.1 Å². The molecule has 2 aromatic rings. The number of likely N-dealkylation sites (N-methyl/N-ethyl adjacent to an activating group) is 1. The molecule has 1 fully saturated rings. The predicted molar refractivity (Wildman–Crippen MR) is 106 cm³/mol. The molecule has 2 aliphatic heterocycles. The summed E-state index contributed by atoms with van der Waals surface area (Å²) in [7, 11) is 2.14. The van der Waals surface area contributed by atoms with E-state index in [9.17, 15) is 9.18 Å². The zero-order valence-corrected chi connectivity index (χ0v) is 16.8. The number of halogens is 1. The maximum atomic E-state index is 13.7. The zero-order valence-electron chi connectivity index (χ0n) is 16.8. The van der Waals surface area contributed by atoms with Crippen molar-refractivity contribution in [2.75, 3.05) is 26.7 Å². The highest BCUT2D eigenvalue weighted by molar-refractivity contribution is 5.74. The number of carbonyl (C=O) groups is 1. The fourth-order valence-electron chi connectivity index (χ4n) is 4.51. The lowest BCUT2D eigenvalue weighted by molar-refractivity contribution is 0.0184. The second-order valence-electron chi connectivity index (χ2n) is 8.17. The van der Waals surface area contributed by atoms with Gasteiger partial charge in [-0.25, -0.2) is 14.2 Å². The van der Waals surface area contributed by atoms with Crippen molar-refractivity contribution in [1.29, 1.82) is 0 Å². The molecule has 1 aromatic heterocycles. The maximum absolute atomic E-state index is 13.7. The van der Waals surface area contributed by atoms with E-state index in [2.05, 4.69) is 21.8 Å². The molecule has 2 amide bonds. The molecule has 4 rings (SSSR count). The lowest BCUT2D eigenvalue weighted by Gasteiger charge is -2.49. The van der Waals surface area contributed by atoms with Crippen molar-refractivity contribution in [2.24, 2.45) is 0 Å². The van der Waals surface area contributed by atoms with Gasteiger partial charge < -0.3 is 14.8 Å². The highest BCUT2D eigenvalue weighted by Crippen LogP contribution is 2.41. The first-order valence-corrected chi connectivity index (χ1v) is 9.99. The normalized spacial score (nSPS) is 19.1. The Morgan fingerprint density at radius 1 is 1.21 bits per heavy atom. The van der Waals surface area contributed by atoms with E-state index in [0.29, 0.717) is 13.1 Å². The third kappa shape index (κ3) is 3.17. The molecule has 6 nitrogen and oxygen atoms in total. The van der Waals surface area contributed by atoms with Gasteiger partial charge in [-0.1, -0.05) is 12.1 Å². The van der Waals surface area contributed by atoms with Gasteiger partial charge in [0.25, 0.3) is 0 Å². The van der Waals surface area contributed by atoms with E-state index in [1.54, 1.807) is 12.1 Å². The number of imidazole rings is 1. The molecule has 0 bridgehead atoms. The summed E-state index contributed by atoms with van der Waals surface area (Å²) in [5.41, 5.74) is 1.63. The number of urea groups is 1. The summed E-state index contributed by atoms with van der Waals surface area (Å²) in [5.74, 6) is 0.796. The average Bonchev–Trinajstić information content (AvgIpc) is 3.10. The number of hydrogen-bond acceptors (Lipinski definition) is 3. The minimum absolute atomic E-state index is 0.00658. The van der Waals surface area contributed by atoms with Gasteiger partial charge in [-0.2, -0.15) is 0 Å². The molecule has 1 spiro atoms. The van der Waals surface area contributed by atoms with Gasteiger partial charge in [-0.05, 0) is 45.9 Å². The molecule has 2 aliphatic rings. The van der Waals surface area contributed by atoms with E-state index in [0.717, 1.165) is 43.0 Å². The van der Waals surface area contributed by atoms with Crippen LogP contribution in [0.25, 0.3) is 11.3 Å². The number of benzene rings is 1. The number of fused-ring (bicyclic) bond motifs is 2. The first-order valence-electron chi connectivity index (χ1n) is 9.99. The van der Waals surface area contributed by atoms with Crippen LogP contribution in [0, 0.1) is 5.82 Å². The van der Waals surface area contributed by atoms with Crippen molar-refractivity contribution in [3.05, 3.63) is 42.1 Å². The topological polar surface area (TPSA) is 53.4 Å². The van der Waals surface area contributed by atoms with Crippen molar-refractivity contribution in [1.82, 2.24) is 24.7 Å². The van der Waals surface area contributed by atoms with Crippen LogP contribution in [0.5, 0.6) is 0 Å². The van der Waals surface area contributed by atoms with Crippen molar-refractivity contribution < 1.29 is 9.18 Å².